The van der Waals surface area contributed by atoms with Crippen LogP contribution in [0.5, 0.6) is 5.75 Å². The Labute approximate surface area is 112 Å². The molecule has 0 fully saturated rings. The molecule has 4 heteroatoms. The molecule has 98 valence electrons. The van der Waals surface area contributed by atoms with Gasteiger partial charge in [-0.15, -0.1) is 4.91 Å². The zero-order chi connectivity index (χ0) is 13.5. The van der Waals surface area contributed by atoms with Crippen molar-refractivity contribution in [3.8, 4) is 5.75 Å². The molecule has 0 aromatic heterocycles. The van der Waals surface area contributed by atoms with Gasteiger partial charge in [0.05, 0.1) is 10.7 Å². The summed E-state index contributed by atoms with van der Waals surface area (Å²) >= 11 is 5.81. The molecule has 0 aliphatic heterocycles. The van der Waals surface area contributed by atoms with Crippen molar-refractivity contribution >= 4 is 17.7 Å². The number of allylic oxidation sites excluding steroid dienone is 1. The third-order valence-corrected chi connectivity index (χ3v) is 3.06. The lowest BCUT2D eigenvalue weighted by Crippen LogP contribution is -1.95. The number of benzene rings is 1. The second kappa shape index (κ2) is 7.17. The molecule has 1 aromatic carbocycles. The van der Waals surface area contributed by atoms with E-state index in [9.17, 15) is 10.0 Å². The average molecular weight is 268 g/mol. The van der Waals surface area contributed by atoms with E-state index in [-0.39, 0.29) is 10.8 Å². The Morgan fingerprint density at radius 1 is 1.56 bits per heavy atom. The highest BCUT2D eigenvalue weighted by atomic mass is 35.5. The van der Waals surface area contributed by atoms with Crippen molar-refractivity contribution in [3.63, 3.8) is 0 Å². The fourth-order valence-electron chi connectivity index (χ4n) is 1.88. The van der Waals surface area contributed by atoms with Gasteiger partial charge in [-0.2, -0.15) is 0 Å². The van der Waals surface area contributed by atoms with E-state index >= 15 is 0 Å². The highest BCUT2D eigenvalue weighted by molar-refractivity contribution is 6.32. The van der Waals surface area contributed by atoms with E-state index in [1.807, 2.05) is 0 Å². The molecular formula is C14H18ClNO2. The van der Waals surface area contributed by atoms with Crippen molar-refractivity contribution in [1.29, 1.82) is 0 Å². The molecule has 0 saturated heterocycles. The highest BCUT2D eigenvalue weighted by Gasteiger charge is 2.06. The predicted molar refractivity (Wildman–Crippen MR) is 75.6 cm³/mol. The molecule has 1 N–H and O–H groups in total. The first-order chi connectivity index (χ1) is 8.56. The Morgan fingerprint density at radius 3 is 2.83 bits per heavy atom. The standard InChI is InChI=1S/C14H18ClNO2/c1-3-4-10(2)7-12(16-18)8-11-5-6-14(17)13(15)9-11/h5-6,8-10,17H,3-4,7H2,1-2H3/b12-8+/t10-/m0/s1. The van der Waals surface area contributed by atoms with E-state index in [4.69, 9.17) is 11.6 Å². The summed E-state index contributed by atoms with van der Waals surface area (Å²) < 4.78 is 0. The zero-order valence-corrected chi connectivity index (χ0v) is 11.4. The van der Waals surface area contributed by atoms with Crippen LogP contribution in [-0.2, 0) is 0 Å². The second-order valence-corrected chi connectivity index (χ2v) is 4.94. The van der Waals surface area contributed by atoms with Crippen LogP contribution in [0.4, 0.5) is 0 Å². The fourth-order valence-corrected chi connectivity index (χ4v) is 2.07. The number of halogens is 1. The third-order valence-electron chi connectivity index (χ3n) is 2.76. The molecule has 0 bridgehead atoms. The summed E-state index contributed by atoms with van der Waals surface area (Å²) in [5, 5.41) is 12.6. The minimum absolute atomic E-state index is 0.0359. The van der Waals surface area contributed by atoms with Gasteiger partial charge in [0.25, 0.3) is 0 Å². The van der Waals surface area contributed by atoms with Crippen LogP contribution in [-0.4, -0.2) is 5.11 Å². The number of hydrogen-bond acceptors (Lipinski definition) is 3. The van der Waals surface area contributed by atoms with Gasteiger partial charge in [-0.1, -0.05) is 44.4 Å². The van der Waals surface area contributed by atoms with Crippen molar-refractivity contribution < 1.29 is 5.11 Å². The fraction of sp³-hybridized carbons (Fsp3) is 0.429. The summed E-state index contributed by atoms with van der Waals surface area (Å²) in [6, 6.07) is 4.83. The monoisotopic (exact) mass is 267 g/mol. The van der Waals surface area contributed by atoms with Crippen LogP contribution in [0.15, 0.2) is 29.1 Å². The third kappa shape index (κ3) is 4.49. The van der Waals surface area contributed by atoms with E-state index in [2.05, 4.69) is 19.0 Å². The first kappa shape index (κ1) is 14.7. The lowest BCUT2D eigenvalue weighted by atomic mass is 9.99. The topological polar surface area (TPSA) is 49.7 Å². The number of phenols is 1. The van der Waals surface area contributed by atoms with Gasteiger partial charge in [-0.3, -0.25) is 0 Å². The molecule has 0 saturated carbocycles. The van der Waals surface area contributed by atoms with Gasteiger partial charge in [0.2, 0.25) is 0 Å². The lowest BCUT2D eigenvalue weighted by molar-refractivity contribution is 0.475. The van der Waals surface area contributed by atoms with Crippen molar-refractivity contribution in [1.82, 2.24) is 0 Å². The first-order valence-corrected chi connectivity index (χ1v) is 6.47. The number of nitroso groups, excluding NO2 is 1. The van der Waals surface area contributed by atoms with E-state index in [1.165, 1.54) is 6.07 Å². The van der Waals surface area contributed by atoms with Crippen molar-refractivity contribution in [2.45, 2.75) is 33.1 Å². The summed E-state index contributed by atoms with van der Waals surface area (Å²) in [6.45, 7) is 4.22. The summed E-state index contributed by atoms with van der Waals surface area (Å²) in [5.41, 5.74) is 1.29. The maximum atomic E-state index is 10.8. The Bertz CT molecular complexity index is 443. The molecule has 0 amide bonds. The highest BCUT2D eigenvalue weighted by Crippen LogP contribution is 2.26. The van der Waals surface area contributed by atoms with Crippen LogP contribution in [0.2, 0.25) is 5.02 Å². The molecule has 1 aromatic rings. The normalized spacial score (nSPS) is 13.4. The number of hydrogen-bond donors (Lipinski definition) is 1. The van der Waals surface area contributed by atoms with Gasteiger partial charge >= 0.3 is 0 Å². The maximum absolute atomic E-state index is 10.8. The van der Waals surface area contributed by atoms with Crippen molar-refractivity contribution in [2.75, 3.05) is 0 Å². The second-order valence-electron chi connectivity index (χ2n) is 4.54. The molecule has 0 spiro atoms. The van der Waals surface area contributed by atoms with Crippen LogP contribution in [0.25, 0.3) is 6.08 Å². The zero-order valence-electron chi connectivity index (χ0n) is 10.7. The van der Waals surface area contributed by atoms with Gasteiger partial charge in [0, 0.05) is 0 Å². The van der Waals surface area contributed by atoms with Crippen LogP contribution < -0.4 is 0 Å². The molecule has 0 radical (unpaired) electrons. The number of aromatic hydroxyl groups is 1. The van der Waals surface area contributed by atoms with E-state index in [1.54, 1.807) is 18.2 Å². The smallest absolute Gasteiger partial charge is 0.134 e. The predicted octanol–water partition coefficient (Wildman–Crippen LogP) is 4.98. The number of phenolic OH excluding ortho intramolecular Hbond substituents is 1. The molecule has 1 rings (SSSR count). The van der Waals surface area contributed by atoms with E-state index in [0.29, 0.717) is 18.0 Å². The molecule has 0 aliphatic rings. The van der Waals surface area contributed by atoms with Crippen LogP contribution in [0.3, 0.4) is 0 Å². The van der Waals surface area contributed by atoms with Crippen LogP contribution in [0, 0.1) is 10.8 Å². The van der Waals surface area contributed by atoms with Gasteiger partial charge in [0.1, 0.15) is 5.75 Å². The molecule has 1 atom stereocenters. The van der Waals surface area contributed by atoms with Gasteiger partial charge in [-0.05, 0) is 41.3 Å². The van der Waals surface area contributed by atoms with Gasteiger partial charge < -0.3 is 5.11 Å². The average Bonchev–Trinajstić information content (AvgIpc) is 2.33. The summed E-state index contributed by atoms with van der Waals surface area (Å²) in [6.07, 6.45) is 4.54. The number of rotatable bonds is 6. The Balaban J connectivity index is 2.83. The van der Waals surface area contributed by atoms with Crippen molar-refractivity contribution in [2.24, 2.45) is 11.1 Å². The first-order valence-electron chi connectivity index (χ1n) is 6.09. The molecule has 0 unspecified atom stereocenters. The summed E-state index contributed by atoms with van der Waals surface area (Å²) in [7, 11) is 0. The van der Waals surface area contributed by atoms with Crippen LogP contribution >= 0.6 is 11.6 Å². The molecular weight excluding hydrogens is 250 g/mol. The Hall–Kier alpha value is -1.35. The SMILES string of the molecule is CCC[C@H](C)C/C(=C\c1ccc(O)c(Cl)c1)N=O. The van der Waals surface area contributed by atoms with E-state index in [0.717, 1.165) is 18.4 Å². The quantitative estimate of drug-likeness (QED) is 0.739. The molecule has 18 heavy (non-hydrogen) atoms. The van der Waals surface area contributed by atoms with Crippen molar-refractivity contribution in [3.05, 3.63) is 39.4 Å². The minimum Gasteiger partial charge on any atom is -0.506 e. The lowest BCUT2D eigenvalue weighted by Gasteiger charge is -2.08. The Kier molecular flexibility index (Phi) is 5.86. The summed E-state index contributed by atoms with van der Waals surface area (Å²) in [4.78, 5) is 10.8. The number of nitrogens with zero attached hydrogens (tertiary/aromatic N) is 1. The van der Waals surface area contributed by atoms with E-state index < -0.39 is 0 Å². The van der Waals surface area contributed by atoms with Gasteiger partial charge in [-0.25, -0.2) is 0 Å². The largest absolute Gasteiger partial charge is 0.506 e. The molecule has 0 aliphatic carbocycles. The molecule has 3 nitrogen and oxygen atoms in total. The Morgan fingerprint density at radius 2 is 2.28 bits per heavy atom. The minimum atomic E-state index is 0.0359. The maximum Gasteiger partial charge on any atom is 0.134 e. The van der Waals surface area contributed by atoms with Gasteiger partial charge in [0.15, 0.2) is 0 Å². The summed E-state index contributed by atoms with van der Waals surface area (Å²) in [5.74, 6) is 0.473. The van der Waals surface area contributed by atoms with Crippen LogP contribution in [0.1, 0.15) is 38.7 Å². The molecule has 0 heterocycles.